The summed E-state index contributed by atoms with van der Waals surface area (Å²) < 4.78 is 1.46. The molecule has 0 bridgehead atoms. The summed E-state index contributed by atoms with van der Waals surface area (Å²) in [6.45, 7) is 3.38. The number of nitrogens with zero attached hydrogens (tertiary/aromatic N) is 2. The van der Waals surface area contributed by atoms with Crippen molar-refractivity contribution < 1.29 is 4.79 Å². The molecule has 2 N–H and O–H groups in total. The lowest BCUT2D eigenvalue weighted by molar-refractivity contribution is 0.0959. The van der Waals surface area contributed by atoms with E-state index in [1.54, 1.807) is 20.9 Å². The highest BCUT2D eigenvalue weighted by atomic mass is 35.5. The van der Waals surface area contributed by atoms with Crippen LogP contribution in [0.4, 0.5) is 0 Å². The van der Waals surface area contributed by atoms with Gasteiger partial charge in [0.15, 0.2) is 5.78 Å². The number of hydrogen-bond acceptors (Lipinski definition) is 3. The highest BCUT2D eigenvalue weighted by molar-refractivity contribution is 6.34. The van der Waals surface area contributed by atoms with Crippen molar-refractivity contribution in [2.45, 2.75) is 19.9 Å². The molecule has 0 spiro atoms. The van der Waals surface area contributed by atoms with Crippen LogP contribution in [0.1, 0.15) is 23.1 Å². The van der Waals surface area contributed by atoms with Crippen LogP contribution in [0.25, 0.3) is 0 Å². The molecule has 0 amide bonds. The van der Waals surface area contributed by atoms with E-state index in [9.17, 15) is 4.79 Å². The zero-order valence-corrected chi connectivity index (χ0v) is 8.59. The number of ketones is 1. The summed E-state index contributed by atoms with van der Waals surface area (Å²) in [6, 6.07) is -0.549. The fourth-order valence-electron chi connectivity index (χ4n) is 1.12. The van der Waals surface area contributed by atoms with E-state index in [0.29, 0.717) is 16.4 Å². The molecule has 0 aromatic carbocycles. The van der Waals surface area contributed by atoms with Crippen LogP contribution in [-0.2, 0) is 7.05 Å². The lowest BCUT2D eigenvalue weighted by Crippen LogP contribution is -2.28. The number of nitrogens with two attached hydrogens (primary N) is 1. The SMILES string of the molecule is Cc1nn(C)c(C(=O)C(C)N)c1Cl. The van der Waals surface area contributed by atoms with Gasteiger partial charge in [0, 0.05) is 7.05 Å². The minimum Gasteiger partial charge on any atom is -0.321 e. The Bertz CT molecular complexity index is 343. The number of carbonyl (C=O) groups is 1. The Labute approximate surface area is 81.7 Å². The Morgan fingerprint density at radius 3 is 2.54 bits per heavy atom. The molecule has 0 aliphatic rings. The van der Waals surface area contributed by atoms with Gasteiger partial charge >= 0.3 is 0 Å². The molecule has 0 radical (unpaired) electrons. The van der Waals surface area contributed by atoms with E-state index >= 15 is 0 Å². The van der Waals surface area contributed by atoms with Gasteiger partial charge in [0.2, 0.25) is 0 Å². The molecular formula is C8H12ClN3O. The molecule has 0 saturated carbocycles. The average molecular weight is 202 g/mol. The van der Waals surface area contributed by atoms with Crippen LogP contribution >= 0.6 is 11.6 Å². The van der Waals surface area contributed by atoms with Crippen molar-refractivity contribution in [2.75, 3.05) is 0 Å². The second kappa shape index (κ2) is 3.47. The number of halogens is 1. The van der Waals surface area contributed by atoms with Gasteiger partial charge in [0.25, 0.3) is 0 Å². The minimum atomic E-state index is -0.549. The average Bonchev–Trinajstić information content (AvgIpc) is 2.26. The van der Waals surface area contributed by atoms with Crippen LogP contribution < -0.4 is 5.73 Å². The number of carbonyl (C=O) groups excluding carboxylic acids is 1. The fraction of sp³-hybridized carbons (Fsp3) is 0.500. The van der Waals surface area contributed by atoms with Gasteiger partial charge in [0.1, 0.15) is 5.69 Å². The van der Waals surface area contributed by atoms with E-state index in [0.717, 1.165) is 0 Å². The van der Waals surface area contributed by atoms with Crippen LogP contribution in [0.2, 0.25) is 5.02 Å². The van der Waals surface area contributed by atoms with Gasteiger partial charge in [-0.3, -0.25) is 9.48 Å². The Kier molecular flexibility index (Phi) is 2.73. The van der Waals surface area contributed by atoms with Crippen molar-refractivity contribution in [2.24, 2.45) is 12.8 Å². The zero-order valence-electron chi connectivity index (χ0n) is 7.84. The third-order valence-corrected chi connectivity index (χ3v) is 2.25. The molecule has 1 heterocycles. The van der Waals surface area contributed by atoms with Gasteiger partial charge < -0.3 is 5.73 Å². The third-order valence-electron chi connectivity index (χ3n) is 1.80. The molecule has 1 aromatic heterocycles. The summed E-state index contributed by atoms with van der Waals surface area (Å²) in [6.07, 6.45) is 0. The maximum atomic E-state index is 11.5. The van der Waals surface area contributed by atoms with E-state index < -0.39 is 6.04 Å². The number of aromatic nitrogens is 2. The van der Waals surface area contributed by atoms with Crippen LogP contribution in [0.5, 0.6) is 0 Å². The summed E-state index contributed by atoms with van der Waals surface area (Å²) in [7, 11) is 1.68. The lowest BCUT2D eigenvalue weighted by Gasteiger charge is -2.04. The molecular weight excluding hydrogens is 190 g/mol. The second-order valence-electron chi connectivity index (χ2n) is 3.02. The molecule has 1 rings (SSSR count). The monoisotopic (exact) mass is 201 g/mol. The molecule has 0 saturated heterocycles. The van der Waals surface area contributed by atoms with Crippen molar-refractivity contribution in [1.82, 2.24) is 9.78 Å². The molecule has 0 aliphatic heterocycles. The first-order valence-electron chi connectivity index (χ1n) is 3.94. The van der Waals surface area contributed by atoms with E-state index in [1.807, 2.05) is 0 Å². The largest absolute Gasteiger partial charge is 0.321 e. The maximum Gasteiger partial charge on any atom is 0.198 e. The number of hydrogen-bond donors (Lipinski definition) is 1. The van der Waals surface area contributed by atoms with Crippen LogP contribution in [0.3, 0.4) is 0 Å². The van der Waals surface area contributed by atoms with Crippen LogP contribution in [-0.4, -0.2) is 21.6 Å². The second-order valence-corrected chi connectivity index (χ2v) is 3.40. The van der Waals surface area contributed by atoms with Gasteiger partial charge in [-0.15, -0.1) is 0 Å². The topological polar surface area (TPSA) is 60.9 Å². The number of aryl methyl sites for hydroxylation is 2. The van der Waals surface area contributed by atoms with Gasteiger partial charge in [-0.25, -0.2) is 0 Å². The van der Waals surface area contributed by atoms with Crippen LogP contribution in [0.15, 0.2) is 0 Å². The van der Waals surface area contributed by atoms with Crippen molar-refractivity contribution in [3.8, 4) is 0 Å². The molecule has 0 aliphatic carbocycles. The first kappa shape index (κ1) is 10.2. The molecule has 1 atom stereocenters. The highest BCUT2D eigenvalue weighted by Crippen LogP contribution is 2.20. The summed E-state index contributed by atoms with van der Waals surface area (Å²) in [5.74, 6) is -0.187. The van der Waals surface area contributed by atoms with Gasteiger partial charge in [0.05, 0.1) is 16.8 Å². The van der Waals surface area contributed by atoms with E-state index in [2.05, 4.69) is 5.10 Å². The molecule has 1 aromatic rings. The first-order valence-corrected chi connectivity index (χ1v) is 4.31. The number of rotatable bonds is 2. The molecule has 5 heteroatoms. The van der Waals surface area contributed by atoms with Crippen LogP contribution in [0, 0.1) is 6.92 Å². The lowest BCUT2D eigenvalue weighted by atomic mass is 10.1. The Morgan fingerprint density at radius 1 is 1.69 bits per heavy atom. The Morgan fingerprint density at radius 2 is 2.23 bits per heavy atom. The summed E-state index contributed by atoms with van der Waals surface area (Å²) in [4.78, 5) is 11.5. The normalized spacial score (nSPS) is 13.0. The molecule has 1 unspecified atom stereocenters. The summed E-state index contributed by atoms with van der Waals surface area (Å²) >= 11 is 5.89. The van der Waals surface area contributed by atoms with E-state index in [-0.39, 0.29) is 5.78 Å². The van der Waals surface area contributed by atoms with Crippen molar-refractivity contribution in [3.05, 3.63) is 16.4 Å². The van der Waals surface area contributed by atoms with Crippen molar-refractivity contribution in [3.63, 3.8) is 0 Å². The van der Waals surface area contributed by atoms with Gasteiger partial charge in [-0.2, -0.15) is 5.10 Å². The first-order chi connectivity index (χ1) is 5.95. The predicted molar refractivity (Wildman–Crippen MR) is 50.9 cm³/mol. The van der Waals surface area contributed by atoms with Gasteiger partial charge in [-0.1, -0.05) is 11.6 Å². The zero-order chi connectivity index (χ0) is 10.2. The maximum absolute atomic E-state index is 11.5. The third kappa shape index (κ3) is 1.73. The fourth-order valence-corrected chi connectivity index (χ4v) is 1.37. The molecule has 4 nitrogen and oxygen atoms in total. The predicted octanol–water partition coefficient (Wildman–Crippen LogP) is 0.912. The smallest absolute Gasteiger partial charge is 0.198 e. The number of Topliss-reactive ketones (excluding diaryl/α,β-unsaturated/α-hetero) is 1. The van der Waals surface area contributed by atoms with E-state index in [4.69, 9.17) is 17.3 Å². The Balaban J connectivity index is 3.21. The van der Waals surface area contributed by atoms with Crippen molar-refractivity contribution in [1.29, 1.82) is 0 Å². The van der Waals surface area contributed by atoms with Crippen molar-refractivity contribution >= 4 is 17.4 Å². The molecule has 0 fully saturated rings. The minimum absolute atomic E-state index is 0.187. The summed E-state index contributed by atoms with van der Waals surface area (Å²) in [5, 5.41) is 4.42. The molecule has 13 heavy (non-hydrogen) atoms. The quantitative estimate of drug-likeness (QED) is 0.724. The van der Waals surface area contributed by atoms with Gasteiger partial charge in [-0.05, 0) is 13.8 Å². The summed E-state index contributed by atoms with van der Waals surface area (Å²) in [5.41, 5.74) is 6.50. The standard InChI is InChI=1S/C8H12ClN3O/c1-4(10)8(13)7-6(9)5(2)11-12(7)3/h4H,10H2,1-3H3. The van der Waals surface area contributed by atoms with E-state index in [1.165, 1.54) is 4.68 Å². The molecule has 72 valence electrons. The Hall–Kier alpha value is -0.870. The highest BCUT2D eigenvalue weighted by Gasteiger charge is 2.20.